The van der Waals surface area contributed by atoms with E-state index < -0.39 is 6.10 Å². The number of thiazole rings is 1. The van der Waals surface area contributed by atoms with Crippen LogP contribution in [0.25, 0.3) is 22.6 Å². The molecular formula is C27H31ClN6O3S. The fraction of sp³-hybridized carbons (Fsp3) is 0.407. The van der Waals surface area contributed by atoms with E-state index in [1.807, 2.05) is 33.8 Å². The van der Waals surface area contributed by atoms with Gasteiger partial charge in [-0.05, 0) is 52.9 Å². The van der Waals surface area contributed by atoms with Crippen molar-refractivity contribution < 1.29 is 14.4 Å². The van der Waals surface area contributed by atoms with Gasteiger partial charge < -0.3 is 24.6 Å². The van der Waals surface area contributed by atoms with Gasteiger partial charge in [0.15, 0.2) is 5.82 Å². The van der Waals surface area contributed by atoms with E-state index in [4.69, 9.17) is 35.8 Å². The van der Waals surface area contributed by atoms with Crippen LogP contribution in [-0.4, -0.2) is 58.1 Å². The van der Waals surface area contributed by atoms with E-state index in [2.05, 4.69) is 15.4 Å². The zero-order chi connectivity index (χ0) is 27.0. The molecule has 3 aromatic heterocycles. The number of hydrogen-bond donors (Lipinski definition) is 2. The number of halogens is 1. The second-order valence-electron chi connectivity index (χ2n) is 9.48. The lowest BCUT2D eigenvalue weighted by Crippen LogP contribution is -2.31. The molecule has 1 unspecified atom stereocenters. The molecule has 1 atom stereocenters. The molecule has 200 valence electrons. The highest BCUT2D eigenvalue weighted by molar-refractivity contribution is 7.11. The molecule has 5 rings (SSSR count). The highest BCUT2D eigenvalue weighted by Crippen LogP contribution is 2.38. The molecule has 4 heterocycles. The average molecular weight is 555 g/mol. The number of aromatic nitrogens is 4. The van der Waals surface area contributed by atoms with E-state index >= 15 is 0 Å². The molecular weight excluding hydrogens is 524 g/mol. The molecule has 1 aliphatic rings. The summed E-state index contributed by atoms with van der Waals surface area (Å²) in [6.45, 7) is 10.0. The number of aryl methyl sites for hydroxylation is 3. The number of hydrogen-bond acceptors (Lipinski definition) is 10. The molecule has 11 heteroatoms. The Morgan fingerprint density at radius 3 is 2.76 bits per heavy atom. The Morgan fingerprint density at radius 1 is 1.21 bits per heavy atom. The molecule has 0 radical (unpaired) electrons. The minimum atomic E-state index is -0.633. The van der Waals surface area contributed by atoms with Crippen molar-refractivity contribution in [2.24, 2.45) is 0 Å². The summed E-state index contributed by atoms with van der Waals surface area (Å²) in [6.07, 6.45) is 0.227. The van der Waals surface area contributed by atoms with Crippen LogP contribution in [0.2, 0.25) is 5.02 Å². The summed E-state index contributed by atoms with van der Waals surface area (Å²) >= 11 is 8.42. The van der Waals surface area contributed by atoms with Crippen molar-refractivity contribution in [1.82, 2.24) is 25.4 Å². The first kappa shape index (κ1) is 26.6. The number of nitrogens with zero attached hydrogens (tertiary/aromatic N) is 5. The lowest BCUT2D eigenvalue weighted by Gasteiger charge is -2.29. The Morgan fingerprint density at radius 2 is 2.03 bits per heavy atom. The van der Waals surface area contributed by atoms with Gasteiger partial charge in [-0.3, -0.25) is 0 Å². The standard InChI is InChI=1S/C27H31ClN6O3S/c1-14-25(24-15(2)33-37-16(24)3)31-26(20-10-19(6-7-21(20)28)36-13-18(35)11-29-5)32-27(14)34-9-8-22-23(12-34)38-17(4)30-22/h6-7,10,18,29,35H,8-9,11-13H2,1-5H3. The summed E-state index contributed by atoms with van der Waals surface area (Å²) in [7, 11) is 1.78. The highest BCUT2D eigenvalue weighted by atomic mass is 35.5. The van der Waals surface area contributed by atoms with Crippen LogP contribution >= 0.6 is 22.9 Å². The van der Waals surface area contributed by atoms with Crippen molar-refractivity contribution in [3.8, 4) is 28.4 Å². The Hall–Kier alpha value is -3.05. The first-order valence-electron chi connectivity index (χ1n) is 12.5. The van der Waals surface area contributed by atoms with Gasteiger partial charge >= 0.3 is 0 Å². The topological polar surface area (TPSA) is 109 Å². The van der Waals surface area contributed by atoms with Crippen LogP contribution in [0, 0.1) is 27.7 Å². The maximum absolute atomic E-state index is 10.1. The molecule has 0 aliphatic carbocycles. The average Bonchev–Trinajstić information content (AvgIpc) is 3.43. The molecule has 1 aromatic carbocycles. The van der Waals surface area contributed by atoms with Gasteiger partial charge in [0.05, 0.1) is 39.2 Å². The first-order chi connectivity index (χ1) is 18.2. The second kappa shape index (κ2) is 11.0. The number of aliphatic hydroxyl groups is 1. The molecule has 0 fully saturated rings. The van der Waals surface area contributed by atoms with E-state index in [9.17, 15) is 5.11 Å². The number of ether oxygens (including phenoxy) is 1. The minimum Gasteiger partial charge on any atom is -0.491 e. The third-order valence-electron chi connectivity index (χ3n) is 6.59. The summed E-state index contributed by atoms with van der Waals surface area (Å²) in [5.41, 5.74) is 5.16. The Kier molecular flexibility index (Phi) is 7.67. The van der Waals surface area contributed by atoms with Crippen LogP contribution in [-0.2, 0) is 13.0 Å². The predicted octanol–water partition coefficient (Wildman–Crippen LogP) is 4.66. The predicted molar refractivity (Wildman–Crippen MR) is 149 cm³/mol. The third kappa shape index (κ3) is 5.26. The van der Waals surface area contributed by atoms with Crippen LogP contribution in [0.3, 0.4) is 0 Å². The van der Waals surface area contributed by atoms with E-state index in [-0.39, 0.29) is 6.61 Å². The summed E-state index contributed by atoms with van der Waals surface area (Å²) in [5.74, 6) is 2.60. The van der Waals surface area contributed by atoms with Crippen LogP contribution in [0.15, 0.2) is 22.7 Å². The van der Waals surface area contributed by atoms with Crippen molar-refractivity contribution in [3.05, 3.63) is 55.8 Å². The Balaban J connectivity index is 1.60. The Labute approximate surface area is 230 Å². The van der Waals surface area contributed by atoms with E-state index in [1.54, 1.807) is 30.5 Å². The van der Waals surface area contributed by atoms with Crippen molar-refractivity contribution in [2.75, 3.05) is 31.6 Å². The second-order valence-corrected chi connectivity index (χ2v) is 11.2. The zero-order valence-electron chi connectivity index (χ0n) is 22.1. The van der Waals surface area contributed by atoms with Gasteiger partial charge in [0.25, 0.3) is 0 Å². The van der Waals surface area contributed by atoms with Gasteiger partial charge in [0.1, 0.15) is 30.0 Å². The van der Waals surface area contributed by atoms with Crippen LogP contribution in [0.5, 0.6) is 5.75 Å². The van der Waals surface area contributed by atoms with Crippen molar-refractivity contribution in [3.63, 3.8) is 0 Å². The number of aliphatic hydroxyl groups excluding tert-OH is 1. The molecule has 0 saturated carbocycles. The number of benzene rings is 1. The molecule has 0 amide bonds. The molecule has 0 bridgehead atoms. The van der Waals surface area contributed by atoms with Gasteiger partial charge in [-0.25, -0.2) is 15.0 Å². The molecule has 0 saturated heterocycles. The third-order valence-corrected chi connectivity index (χ3v) is 7.92. The smallest absolute Gasteiger partial charge is 0.163 e. The zero-order valence-corrected chi connectivity index (χ0v) is 23.7. The van der Waals surface area contributed by atoms with Crippen molar-refractivity contribution in [2.45, 2.75) is 46.8 Å². The van der Waals surface area contributed by atoms with Crippen LogP contribution < -0.4 is 15.0 Å². The van der Waals surface area contributed by atoms with Gasteiger partial charge in [-0.2, -0.15) is 0 Å². The lowest BCUT2D eigenvalue weighted by atomic mass is 10.0. The molecule has 2 N–H and O–H groups in total. The van der Waals surface area contributed by atoms with Gasteiger partial charge in [0.2, 0.25) is 0 Å². The summed E-state index contributed by atoms with van der Waals surface area (Å²) in [5, 5.41) is 18.8. The number of fused-ring (bicyclic) bond motifs is 1. The van der Waals surface area contributed by atoms with Crippen molar-refractivity contribution in [1.29, 1.82) is 0 Å². The SMILES string of the molecule is CNCC(O)COc1ccc(Cl)c(-c2nc(-c3c(C)noc3C)c(C)c(N3CCc4nc(C)sc4C3)n2)c1. The minimum absolute atomic E-state index is 0.149. The summed E-state index contributed by atoms with van der Waals surface area (Å²) in [6, 6.07) is 5.36. The summed E-state index contributed by atoms with van der Waals surface area (Å²) in [4.78, 5) is 18.3. The van der Waals surface area contributed by atoms with E-state index in [0.717, 1.165) is 52.9 Å². The maximum atomic E-state index is 10.1. The molecule has 9 nitrogen and oxygen atoms in total. The van der Waals surface area contributed by atoms with Gasteiger partial charge in [-0.1, -0.05) is 16.8 Å². The number of likely N-dealkylation sites (N-methyl/N-ethyl adjacent to an activating group) is 1. The number of rotatable bonds is 8. The molecule has 4 aromatic rings. The van der Waals surface area contributed by atoms with Crippen LogP contribution in [0.4, 0.5) is 5.82 Å². The number of nitrogens with one attached hydrogen (secondary N) is 1. The largest absolute Gasteiger partial charge is 0.491 e. The fourth-order valence-electron chi connectivity index (χ4n) is 4.76. The van der Waals surface area contributed by atoms with E-state index in [0.29, 0.717) is 34.5 Å². The lowest BCUT2D eigenvalue weighted by molar-refractivity contribution is 0.108. The van der Waals surface area contributed by atoms with E-state index in [1.165, 1.54) is 10.6 Å². The monoisotopic (exact) mass is 554 g/mol. The molecule has 0 spiro atoms. The first-order valence-corrected chi connectivity index (χ1v) is 13.7. The highest BCUT2D eigenvalue weighted by Gasteiger charge is 2.27. The van der Waals surface area contributed by atoms with Crippen molar-refractivity contribution >= 4 is 28.8 Å². The molecule has 38 heavy (non-hydrogen) atoms. The normalized spacial score (nSPS) is 14.0. The van der Waals surface area contributed by atoms with Crippen LogP contribution in [0.1, 0.15) is 32.6 Å². The Bertz CT molecular complexity index is 1450. The van der Waals surface area contributed by atoms with Gasteiger partial charge in [0, 0.05) is 35.5 Å². The molecule has 1 aliphatic heterocycles. The quantitative estimate of drug-likeness (QED) is 0.321. The maximum Gasteiger partial charge on any atom is 0.163 e. The fourth-order valence-corrected chi connectivity index (χ4v) is 5.96. The van der Waals surface area contributed by atoms with Gasteiger partial charge in [-0.15, -0.1) is 11.3 Å². The summed E-state index contributed by atoms with van der Waals surface area (Å²) < 4.78 is 11.3. The number of anilines is 1.